The summed E-state index contributed by atoms with van der Waals surface area (Å²) in [6.07, 6.45) is 1.75. The number of hydrogen-bond donors (Lipinski definition) is 2. The number of pyridine rings is 1. The van der Waals surface area contributed by atoms with Crippen LogP contribution in [0.2, 0.25) is 0 Å². The van der Waals surface area contributed by atoms with Crippen LogP contribution in [0.15, 0.2) is 54.7 Å². The molecule has 0 unspecified atom stereocenters. The molecule has 23 heavy (non-hydrogen) atoms. The first-order valence-corrected chi connectivity index (χ1v) is 7.59. The molecular formula is C19H19N3O. The Bertz CT molecular complexity index is 853. The van der Waals surface area contributed by atoms with Gasteiger partial charge in [-0.3, -0.25) is 9.78 Å². The lowest BCUT2D eigenvalue weighted by Gasteiger charge is -2.12. The van der Waals surface area contributed by atoms with E-state index in [1.165, 1.54) is 0 Å². The first-order chi connectivity index (χ1) is 11.1. The Morgan fingerprint density at radius 3 is 2.61 bits per heavy atom. The molecule has 0 atom stereocenters. The van der Waals surface area contributed by atoms with Gasteiger partial charge in [0.05, 0.1) is 17.7 Å². The molecule has 0 radical (unpaired) electrons. The minimum Gasteiger partial charge on any atom is -0.374 e. The van der Waals surface area contributed by atoms with Crippen molar-refractivity contribution in [1.29, 1.82) is 0 Å². The number of carbonyl (C=O) groups is 1. The highest BCUT2D eigenvalue weighted by Gasteiger charge is 2.07. The lowest BCUT2D eigenvalue weighted by atomic mass is 10.1. The van der Waals surface area contributed by atoms with E-state index in [1.807, 2.05) is 62.4 Å². The molecule has 0 saturated heterocycles. The van der Waals surface area contributed by atoms with Crippen molar-refractivity contribution in [2.45, 2.75) is 13.8 Å². The molecule has 1 amide bonds. The van der Waals surface area contributed by atoms with Crippen molar-refractivity contribution >= 4 is 28.2 Å². The van der Waals surface area contributed by atoms with E-state index in [0.29, 0.717) is 0 Å². The molecule has 0 saturated carbocycles. The van der Waals surface area contributed by atoms with Gasteiger partial charge in [0.1, 0.15) is 0 Å². The molecule has 0 aliphatic rings. The number of amides is 1. The Morgan fingerprint density at radius 1 is 1.00 bits per heavy atom. The van der Waals surface area contributed by atoms with Gasteiger partial charge in [-0.1, -0.05) is 30.3 Å². The second-order valence-electron chi connectivity index (χ2n) is 5.53. The minimum atomic E-state index is -0.0772. The Labute approximate surface area is 135 Å². The smallest absolute Gasteiger partial charge is 0.243 e. The zero-order valence-electron chi connectivity index (χ0n) is 13.3. The van der Waals surface area contributed by atoms with E-state index in [2.05, 4.69) is 15.6 Å². The first-order valence-electron chi connectivity index (χ1n) is 7.59. The van der Waals surface area contributed by atoms with Gasteiger partial charge in [-0.25, -0.2) is 0 Å². The third-order valence-electron chi connectivity index (χ3n) is 3.95. The quantitative estimate of drug-likeness (QED) is 0.768. The summed E-state index contributed by atoms with van der Waals surface area (Å²) in [5, 5.41) is 7.16. The monoisotopic (exact) mass is 305 g/mol. The third kappa shape index (κ3) is 3.31. The number of rotatable bonds is 4. The number of hydrogen-bond acceptors (Lipinski definition) is 3. The van der Waals surface area contributed by atoms with Crippen LogP contribution in [-0.4, -0.2) is 17.4 Å². The fourth-order valence-corrected chi connectivity index (χ4v) is 2.50. The molecule has 0 aliphatic carbocycles. The molecule has 3 aromatic rings. The summed E-state index contributed by atoms with van der Waals surface area (Å²) >= 11 is 0. The summed E-state index contributed by atoms with van der Waals surface area (Å²) in [4.78, 5) is 16.6. The van der Waals surface area contributed by atoms with E-state index in [0.717, 1.165) is 33.4 Å². The van der Waals surface area contributed by atoms with Gasteiger partial charge < -0.3 is 10.6 Å². The number of nitrogens with one attached hydrogen (secondary N) is 2. The Hall–Kier alpha value is -2.88. The molecule has 4 heteroatoms. The second kappa shape index (κ2) is 6.48. The van der Waals surface area contributed by atoms with Crippen LogP contribution in [0, 0.1) is 13.8 Å². The van der Waals surface area contributed by atoms with Crippen molar-refractivity contribution < 1.29 is 4.79 Å². The van der Waals surface area contributed by atoms with E-state index in [-0.39, 0.29) is 12.5 Å². The number of para-hydroxylation sites is 1. The van der Waals surface area contributed by atoms with Gasteiger partial charge in [0, 0.05) is 17.3 Å². The Kier molecular flexibility index (Phi) is 4.24. The summed E-state index contributed by atoms with van der Waals surface area (Å²) in [7, 11) is 0. The first kappa shape index (κ1) is 15.0. The molecule has 0 aliphatic heterocycles. The predicted molar refractivity (Wildman–Crippen MR) is 94.8 cm³/mol. The van der Waals surface area contributed by atoms with Gasteiger partial charge >= 0.3 is 0 Å². The predicted octanol–water partition coefficient (Wildman–Crippen LogP) is 3.90. The summed E-state index contributed by atoms with van der Waals surface area (Å²) in [6, 6.07) is 15.7. The summed E-state index contributed by atoms with van der Waals surface area (Å²) in [5.74, 6) is -0.0772. The lowest BCUT2D eigenvalue weighted by molar-refractivity contribution is -0.114. The second-order valence-corrected chi connectivity index (χ2v) is 5.53. The highest BCUT2D eigenvalue weighted by atomic mass is 16.1. The molecule has 4 nitrogen and oxygen atoms in total. The van der Waals surface area contributed by atoms with Gasteiger partial charge in [-0.15, -0.1) is 0 Å². The number of aromatic nitrogens is 1. The maximum Gasteiger partial charge on any atom is 0.243 e. The van der Waals surface area contributed by atoms with Gasteiger partial charge in [-0.2, -0.15) is 0 Å². The highest BCUT2D eigenvalue weighted by molar-refractivity contribution is 5.96. The molecular weight excluding hydrogens is 286 g/mol. The zero-order valence-corrected chi connectivity index (χ0v) is 13.3. The molecule has 0 spiro atoms. The van der Waals surface area contributed by atoms with Crippen molar-refractivity contribution in [3.63, 3.8) is 0 Å². The standard InChI is InChI=1S/C19H19N3O/c1-13-6-3-9-16(14(13)2)22-18(23)12-21-17-10-4-7-15-8-5-11-20-19(15)17/h3-11,21H,12H2,1-2H3,(H,22,23). The number of anilines is 2. The Morgan fingerprint density at radius 2 is 1.74 bits per heavy atom. The molecule has 1 heterocycles. The van der Waals surface area contributed by atoms with Crippen molar-refractivity contribution in [2.75, 3.05) is 17.2 Å². The maximum atomic E-state index is 12.2. The van der Waals surface area contributed by atoms with Gasteiger partial charge in [0.2, 0.25) is 5.91 Å². The van der Waals surface area contributed by atoms with Crippen molar-refractivity contribution in [3.05, 3.63) is 65.9 Å². The van der Waals surface area contributed by atoms with Gasteiger partial charge in [0.25, 0.3) is 0 Å². The van der Waals surface area contributed by atoms with Crippen LogP contribution in [0.5, 0.6) is 0 Å². The van der Waals surface area contributed by atoms with E-state index < -0.39 is 0 Å². The average Bonchev–Trinajstić information content (AvgIpc) is 2.57. The molecule has 2 aromatic carbocycles. The van der Waals surface area contributed by atoms with Crippen molar-refractivity contribution in [2.24, 2.45) is 0 Å². The van der Waals surface area contributed by atoms with Gasteiger partial charge in [-0.05, 0) is 43.2 Å². The number of fused-ring (bicyclic) bond motifs is 1. The van der Waals surface area contributed by atoms with Crippen LogP contribution >= 0.6 is 0 Å². The van der Waals surface area contributed by atoms with Crippen molar-refractivity contribution in [3.8, 4) is 0 Å². The van der Waals surface area contributed by atoms with Crippen LogP contribution in [0.3, 0.4) is 0 Å². The van der Waals surface area contributed by atoms with E-state index in [9.17, 15) is 4.79 Å². The average molecular weight is 305 g/mol. The summed E-state index contributed by atoms with van der Waals surface area (Å²) in [5.41, 5.74) is 4.84. The minimum absolute atomic E-state index is 0.0772. The Balaban J connectivity index is 1.70. The van der Waals surface area contributed by atoms with E-state index in [1.54, 1.807) is 6.20 Å². The summed E-state index contributed by atoms with van der Waals surface area (Å²) in [6.45, 7) is 4.24. The fraction of sp³-hybridized carbons (Fsp3) is 0.158. The van der Waals surface area contributed by atoms with Crippen LogP contribution in [0.4, 0.5) is 11.4 Å². The van der Waals surface area contributed by atoms with E-state index >= 15 is 0 Å². The number of nitrogens with zero attached hydrogens (tertiary/aromatic N) is 1. The number of benzene rings is 2. The largest absolute Gasteiger partial charge is 0.374 e. The third-order valence-corrected chi connectivity index (χ3v) is 3.95. The number of aryl methyl sites for hydroxylation is 1. The highest BCUT2D eigenvalue weighted by Crippen LogP contribution is 2.21. The van der Waals surface area contributed by atoms with Crippen LogP contribution < -0.4 is 10.6 Å². The fourth-order valence-electron chi connectivity index (χ4n) is 2.50. The van der Waals surface area contributed by atoms with Crippen LogP contribution in [-0.2, 0) is 4.79 Å². The van der Waals surface area contributed by atoms with E-state index in [4.69, 9.17) is 0 Å². The lowest BCUT2D eigenvalue weighted by Crippen LogP contribution is -2.22. The topological polar surface area (TPSA) is 54.0 Å². The molecule has 0 bridgehead atoms. The molecule has 0 fully saturated rings. The SMILES string of the molecule is Cc1cccc(NC(=O)CNc2cccc3cccnc23)c1C. The van der Waals surface area contributed by atoms with Crippen molar-refractivity contribution in [1.82, 2.24) is 4.98 Å². The molecule has 2 N–H and O–H groups in total. The van der Waals surface area contributed by atoms with Crippen LogP contribution in [0.1, 0.15) is 11.1 Å². The normalized spacial score (nSPS) is 10.5. The maximum absolute atomic E-state index is 12.2. The summed E-state index contributed by atoms with van der Waals surface area (Å²) < 4.78 is 0. The van der Waals surface area contributed by atoms with Crippen LogP contribution in [0.25, 0.3) is 10.9 Å². The zero-order chi connectivity index (χ0) is 16.2. The molecule has 3 rings (SSSR count). The van der Waals surface area contributed by atoms with Gasteiger partial charge in [0.15, 0.2) is 0 Å². The molecule has 1 aromatic heterocycles. The molecule has 116 valence electrons. The number of carbonyl (C=O) groups excluding carboxylic acids is 1.